The first kappa shape index (κ1) is 62.2. The summed E-state index contributed by atoms with van der Waals surface area (Å²) in [5.41, 5.74) is -0.390. The van der Waals surface area contributed by atoms with Crippen molar-refractivity contribution >= 4 is 47.9 Å². The predicted molar refractivity (Wildman–Crippen MR) is 279 cm³/mol. The van der Waals surface area contributed by atoms with E-state index in [0.717, 1.165) is 44.3 Å². The van der Waals surface area contributed by atoms with Gasteiger partial charge in [-0.2, -0.15) is 11.8 Å². The second kappa shape index (κ2) is 26.7. The molecule has 0 heterocycles. The largest absolute Gasteiger partial charge is 0.459 e. The Morgan fingerprint density at radius 1 is 0.600 bits per heavy atom. The molecule has 5 atom stereocenters. The average molecular weight is 1010 g/mol. The summed E-state index contributed by atoms with van der Waals surface area (Å²) in [7, 11) is 0. The van der Waals surface area contributed by atoms with Crippen LogP contribution in [0.3, 0.4) is 0 Å². The number of thioether (sulfide) groups is 1. The highest BCUT2D eigenvalue weighted by Gasteiger charge is 2.44. The third-order valence-electron chi connectivity index (χ3n) is 13.7. The number of hydrogen-bond acceptors (Lipinski definition) is 12. The number of hydrogen-bond donors (Lipinski definition) is 4. The molecule has 2 aliphatic carbocycles. The molecule has 5 unspecified atom stereocenters. The molecule has 0 aliphatic heterocycles. The Labute approximate surface area is 426 Å². The zero-order valence-corrected chi connectivity index (χ0v) is 46.8. The predicted octanol–water partition coefficient (Wildman–Crippen LogP) is 11.5. The summed E-state index contributed by atoms with van der Waals surface area (Å²) in [5, 5.41) is 12.0. The number of allylic oxidation sites excluding steroid dienone is 1. The Hall–Kier alpha value is -3.95. The van der Waals surface area contributed by atoms with Gasteiger partial charge in [0.1, 0.15) is 19.8 Å². The molecule has 2 aliphatic rings. The fraction of sp³-hybridized carbons (Fsp3) is 0.815. The Morgan fingerprint density at radius 3 is 1.50 bits per heavy atom. The number of nitrogens with one attached hydrogen (secondary N) is 4. The van der Waals surface area contributed by atoms with Crippen LogP contribution in [0.2, 0.25) is 0 Å². The highest BCUT2D eigenvalue weighted by Crippen LogP contribution is 2.48. The van der Waals surface area contributed by atoms with Crippen molar-refractivity contribution in [3.05, 3.63) is 24.3 Å². The third-order valence-corrected chi connectivity index (χ3v) is 15.0. The van der Waals surface area contributed by atoms with Crippen LogP contribution in [0.1, 0.15) is 174 Å². The SMILES string of the molecule is C=C(C)C(=O)CCOC(=O)NC1CC(C)(C)CC(C)(CNC(=O)OCCC(C)(C)CC(CCSC(C)(C)C)C(C)(C)CCOC(=O)NCC2(C)CC(NC(=O)OCCOC(=O)C(=C)C)CC(C)(C)C2)C1. The van der Waals surface area contributed by atoms with E-state index in [0.29, 0.717) is 50.3 Å². The Morgan fingerprint density at radius 2 is 1.04 bits per heavy atom. The molecule has 0 aromatic heterocycles. The minimum Gasteiger partial charge on any atom is -0.459 e. The summed E-state index contributed by atoms with van der Waals surface area (Å²) in [4.78, 5) is 75.0. The van der Waals surface area contributed by atoms with Crippen molar-refractivity contribution < 1.29 is 52.5 Å². The minimum absolute atomic E-state index is 0.00753. The molecule has 0 bridgehead atoms. The maximum Gasteiger partial charge on any atom is 0.407 e. The number of carbonyl (C=O) groups excluding carboxylic acids is 6. The Kier molecular flexibility index (Phi) is 23.7. The summed E-state index contributed by atoms with van der Waals surface area (Å²) in [6.07, 6.45) is 5.79. The van der Waals surface area contributed by atoms with Crippen LogP contribution >= 0.6 is 11.8 Å². The molecule has 2 rings (SSSR count). The van der Waals surface area contributed by atoms with Gasteiger partial charge in [-0.15, -0.1) is 0 Å². The van der Waals surface area contributed by atoms with Gasteiger partial charge in [-0.25, -0.2) is 24.0 Å². The van der Waals surface area contributed by atoms with Gasteiger partial charge < -0.3 is 45.0 Å². The molecular weight excluding hydrogens is 913 g/mol. The fourth-order valence-electron chi connectivity index (χ4n) is 10.7. The molecular formula is C54H94N4O11S. The normalized spacial score (nSPS) is 22.6. The van der Waals surface area contributed by atoms with E-state index < -0.39 is 30.3 Å². The maximum atomic E-state index is 13.2. The lowest BCUT2D eigenvalue weighted by Crippen LogP contribution is -2.50. The number of ether oxygens (including phenoxy) is 5. The van der Waals surface area contributed by atoms with Gasteiger partial charge in [-0.3, -0.25) is 4.79 Å². The number of amides is 4. The monoisotopic (exact) mass is 1010 g/mol. The molecule has 402 valence electrons. The van der Waals surface area contributed by atoms with Gasteiger partial charge in [-0.1, -0.05) is 103 Å². The van der Waals surface area contributed by atoms with E-state index in [1.54, 1.807) is 13.8 Å². The Balaban J connectivity index is 1.92. The van der Waals surface area contributed by atoms with Crippen molar-refractivity contribution in [2.45, 2.75) is 191 Å². The molecule has 2 saturated carbocycles. The first-order chi connectivity index (χ1) is 32.0. The van der Waals surface area contributed by atoms with E-state index >= 15 is 0 Å². The van der Waals surface area contributed by atoms with Crippen LogP contribution in [0.15, 0.2) is 24.3 Å². The highest BCUT2D eigenvalue weighted by atomic mass is 32.2. The van der Waals surface area contributed by atoms with Crippen LogP contribution in [0.25, 0.3) is 0 Å². The van der Waals surface area contributed by atoms with Crippen LogP contribution in [-0.4, -0.2) is 105 Å². The van der Waals surface area contributed by atoms with Crippen molar-refractivity contribution in [3.8, 4) is 0 Å². The van der Waals surface area contributed by atoms with Crippen molar-refractivity contribution in [1.29, 1.82) is 0 Å². The van der Waals surface area contributed by atoms with Gasteiger partial charge in [0.2, 0.25) is 0 Å². The summed E-state index contributed by atoms with van der Waals surface area (Å²) in [6, 6.07) is -0.318. The van der Waals surface area contributed by atoms with Gasteiger partial charge in [-0.05, 0) is 128 Å². The third kappa shape index (κ3) is 24.9. The van der Waals surface area contributed by atoms with Gasteiger partial charge in [0, 0.05) is 41.9 Å². The molecule has 0 aromatic carbocycles. The van der Waals surface area contributed by atoms with Crippen LogP contribution in [-0.2, 0) is 33.3 Å². The number of carbonyl (C=O) groups is 6. The van der Waals surface area contributed by atoms with Crippen molar-refractivity contribution in [3.63, 3.8) is 0 Å². The highest BCUT2D eigenvalue weighted by molar-refractivity contribution is 8.00. The lowest BCUT2D eigenvalue weighted by atomic mass is 9.62. The molecule has 0 spiro atoms. The van der Waals surface area contributed by atoms with E-state index in [1.807, 2.05) is 11.8 Å². The van der Waals surface area contributed by atoms with Crippen molar-refractivity contribution in [2.75, 3.05) is 51.9 Å². The molecule has 4 N–H and O–H groups in total. The van der Waals surface area contributed by atoms with Crippen LogP contribution in [0, 0.1) is 38.4 Å². The molecule has 15 nitrogen and oxygen atoms in total. The first-order valence-electron chi connectivity index (χ1n) is 25.4. The minimum atomic E-state index is -0.578. The number of Topliss-reactive ketones (excluding diaryl/α,β-unsaturated/α-hetero) is 1. The molecule has 0 radical (unpaired) electrons. The van der Waals surface area contributed by atoms with Gasteiger partial charge in [0.25, 0.3) is 0 Å². The maximum absolute atomic E-state index is 13.2. The van der Waals surface area contributed by atoms with Gasteiger partial charge in [0.15, 0.2) is 5.78 Å². The van der Waals surface area contributed by atoms with Crippen molar-refractivity contribution in [1.82, 2.24) is 21.3 Å². The molecule has 4 amide bonds. The summed E-state index contributed by atoms with van der Waals surface area (Å²) >= 11 is 1.94. The second-order valence-electron chi connectivity index (χ2n) is 25.2. The first-order valence-corrected chi connectivity index (χ1v) is 26.3. The van der Waals surface area contributed by atoms with Crippen LogP contribution in [0.4, 0.5) is 19.2 Å². The van der Waals surface area contributed by atoms with E-state index in [-0.39, 0.29) is 100 Å². The van der Waals surface area contributed by atoms with Crippen molar-refractivity contribution in [2.24, 2.45) is 38.4 Å². The van der Waals surface area contributed by atoms with Gasteiger partial charge in [0.05, 0.1) is 13.2 Å². The number of ketones is 1. The summed E-state index contributed by atoms with van der Waals surface area (Å²) < 4.78 is 27.3. The standard InChI is InChI=1S/C54H94N4O11S/c1-37(2)42(59)18-22-66-46(63)57-40-29-50(10,11)33-53(16,31-40)35-55-44(61)67-23-20-49(8,9)28-39(19-27-70-48(5,6)7)52(14,15)21-24-68-45(62)56-36-54(17)32-41(30-51(12,13)34-54)58-47(64)69-26-25-65-43(60)38(3)4/h39-41H,1,3,18-36H2,2,4-17H3,(H,55,61)(H,56,62)(H,57,63)(H,58,64). The number of esters is 1. The van der Waals surface area contributed by atoms with Crippen LogP contribution in [0.5, 0.6) is 0 Å². The van der Waals surface area contributed by atoms with Crippen LogP contribution < -0.4 is 21.3 Å². The summed E-state index contributed by atoms with van der Waals surface area (Å²) in [5.74, 6) is 0.622. The van der Waals surface area contributed by atoms with E-state index in [1.165, 1.54) is 0 Å². The number of rotatable bonds is 26. The smallest absolute Gasteiger partial charge is 0.407 e. The molecule has 16 heteroatoms. The zero-order chi connectivity index (χ0) is 53.4. The zero-order valence-electron chi connectivity index (χ0n) is 46.0. The van der Waals surface area contributed by atoms with E-state index in [4.69, 9.17) is 23.7 Å². The Bertz CT molecular complexity index is 1810. The number of alkyl carbamates (subject to hydrolysis) is 4. The van der Waals surface area contributed by atoms with Gasteiger partial charge >= 0.3 is 30.3 Å². The fourth-order valence-corrected chi connectivity index (χ4v) is 11.8. The van der Waals surface area contributed by atoms with E-state index in [9.17, 15) is 28.8 Å². The average Bonchev–Trinajstić information content (AvgIpc) is 3.18. The molecule has 2 fully saturated rings. The molecule has 70 heavy (non-hydrogen) atoms. The quantitative estimate of drug-likeness (QED) is 0.0277. The second-order valence-corrected chi connectivity index (χ2v) is 27.1. The molecule has 0 aromatic rings. The lowest BCUT2D eigenvalue weighted by Gasteiger charge is -2.46. The topological polar surface area (TPSA) is 197 Å². The van der Waals surface area contributed by atoms with E-state index in [2.05, 4.69) is 124 Å². The summed E-state index contributed by atoms with van der Waals surface area (Å²) in [6.45, 7) is 40.0. The molecule has 0 saturated heterocycles. The lowest BCUT2D eigenvalue weighted by molar-refractivity contribution is -0.140.